The fourth-order valence-corrected chi connectivity index (χ4v) is 4.81. The summed E-state index contributed by atoms with van der Waals surface area (Å²) in [5, 5.41) is 12.4. The molecule has 1 saturated heterocycles. The molecule has 4 rings (SSSR count). The molecular weight excluding hydrogens is 476 g/mol. The molecule has 0 aliphatic carbocycles. The molecule has 184 valence electrons. The lowest BCUT2D eigenvalue weighted by Gasteiger charge is -2.39. The SMILES string of the molecule is N#C/C(=C/Nc1cccc(S(=O)(=O)O)c1)C(=O)N1CCN(C(c2ccccc2)c2ccccc2)CC1. The number of rotatable bonds is 7. The minimum absolute atomic E-state index is 0.0624. The van der Waals surface area contributed by atoms with Crippen molar-refractivity contribution in [3.63, 3.8) is 0 Å². The average molecular weight is 503 g/mol. The van der Waals surface area contributed by atoms with Gasteiger partial charge in [0.25, 0.3) is 16.0 Å². The average Bonchev–Trinajstić information content (AvgIpc) is 2.90. The first-order valence-electron chi connectivity index (χ1n) is 11.4. The van der Waals surface area contributed by atoms with E-state index in [1.807, 2.05) is 42.5 Å². The number of carbonyl (C=O) groups excluding carboxylic acids is 1. The third kappa shape index (κ3) is 5.98. The fraction of sp³-hybridized carbons (Fsp3) is 0.185. The zero-order chi connectivity index (χ0) is 25.5. The first kappa shape index (κ1) is 25.1. The third-order valence-electron chi connectivity index (χ3n) is 6.06. The van der Waals surface area contributed by atoms with Crippen LogP contribution in [0.15, 0.2) is 102 Å². The van der Waals surface area contributed by atoms with Crippen LogP contribution in [0.25, 0.3) is 0 Å². The summed E-state index contributed by atoms with van der Waals surface area (Å²) in [6.07, 6.45) is 1.26. The van der Waals surface area contributed by atoms with E-state index in [1.165, 1.54) is 35.5 Å². The zero-order valence-electron chi connectivity index (χ0n) is 19.5. The van der Waals surface area contributed by atoms with Crippen LogP contribution in [0.3, 0.4) is 0 Å². The largest absolute Gasteiger partial charge is 0.360 e. The lowest BCUT2D eigenvalue weighted by molar-refractivity contribution is -0.128. The number of hydrogen-bond acceptors (Lipinski definition) is 6. The number of hydrogen-bond donors (Lipinski definition) is 2. The van der Waals surface area contributed by atoms with Gasteiger partial charge in [-0.25, -0.2) is 0 Å². The van der Waals surface area contributed by atoms with Crippen LogP contribution in [0.5, 0.6) is 0 Å². The molecule has 3 aromatic carbocycles. The lowest BCUT2D eigenvalue weighted by atomic mass is 9.96. The maximum atomic E-state index is 13.0. The highest BCUT2D eigenvalue weighted by Crippen LogP contribution is 2.29. The minimum atomic E-state index is -4.36. The Hall–Kier alpha value is -3.97. The molecule has 2 N–H and O–H groups in total. The molecule has 9 heteroatoms. The second-order valence-electron chi connectivity index (χ2n) is 8.37. The van der Waals surface area contributed by atoms with Gasteiger partial charge in [0.05, 0.1) is 10.9 Å². The summed E-state index contributed by atoms with van der Waals surface area (Å²) in [7, 11) is -4.36. The lowest BCUT2D eigenvalue weighted by Crippen LogP contribution is -2.50. The van der Waals surface area contributed by atoms with E-state index in [-0.39, 0.29) is 16.5 Å². The quantitative estimate of drug-likeness (QED) is 0.288. The Morgan fingerprint density at radius 3 is 2.03 bits per heavy atom. The van der Waals surface area contributed by atoms with Crippen LogP contribution < -0.4 is 5.32 Å². The molecule has 0 bridgehead atoms. The topological polar surface area (TPSA) is 114 Å². The van der Waals surface area contributed by atoms with Gasteiger partial charge in [0, 0.05) is 38.1 Å². The van der Waals surface area contributed by atoms with Crippen LogP contribution in [-0.2, 0) is 14.9 Å². The molecule has 0 atom stereocenters. The molecule has 1 aliphatic heterocycles. The van der Waals surface area contributed by atoms with Crippen molar-refractivity contribution < 1.29 is 17.8 Å². The first-order chi connectivity index (χ1) is 17.4. The second-order valence-corrected chi connectivity index (χ2v) is 9.79. The van der Waals surface area contributed by atoms with E-state index in [9.17, 15) is 23.0 Å². The van der Waals surface area contributed by atoms with E-state index in [2.05, 4.69) is 34.5 Å². The van der Waals surface area contributed by atoms with Gasteiger partial charge in [-0.05, 0) is 29.3 Å². The number of anilines is 1. The van der Waals surface area contributed by atoms with Crippen LogP contribution in [0.2, 0.25) is 0 Å². The molecule has 36 heavy (non-hydrogen) atoms. The minimum Gasteiger partial charge on any atom is -0.360 e. The number of amides is 1. The number of piperazine rings is 1. The van der Waals surface area contributed by atoms with Gasteiger partial charge in [0.1, 0.15) is 11.6 Å². The zero-order valence-corrected chi connectivity index (χ0v) is 20.3. The van der Waals surface area contributed by atoms with Crippen LogP contribution in [0, 0.1) is 11.3 Å². The van der Waals surface area contributed by atoms with Crippen molar-refractivity contribution in [2.45, 2.75) is 10.9 Å². The molecule has 8 nitrogen and oxygen atoms in total. The predicted molar refractivity (Wildman–Crippen MR) is 136 cm³/mol. The number of carbonyl (C=O) groups is 1. The van der Waals surface area contributed by atoms with Crippen molar-refractivity contribution in [2.75, 3.05) is 31.5 Å². The standard InChI is InChI=1S/C27H26N4O4S/c28-19-23(20-29-24-12-7-13-25(18-24)36(33,34)35)27(32)31-16-14-30(15-17-31)26(21-8-3-1-4-9-21)22-10-5-2-6-11-22/h1-13,18,20,26,29H,14-17H2,(H,33,34,35)/b23-20-. The maximum Gasteiger partial charge on any atom is 0.294 e. The van der Waals surface area contributed by atoms with Crippen LogP contribution in [0.1, 0.15) is 17.2 Å². The summed E-state index contributed by atoms with van der Waals surface area (Å²) < 4.78 is 31.9. The summed E-state index contributed by atoms with van der Waals surface area (Å²) in [5.41, 5.74) is 2.59. The summed E-state index contributed by atoms with van der Waals surface area (Å²) in [6, 6.07) is 28.0. The number of nitrogens with zero attached hydrogens (tertiary/aromatic N) is 3. The van der Waals surface area contributed by atoms with E-state index in [4.69, 9.17) is 0 Å². The molecule has 1 fully saturated rings. The summed E-state index contributed by atoms with van der Waals surface area (Å²) in [6.45, 7) is 2.21. The Bertz CT molecular complexity index is 1340. The maximum absolute atomic E-state index is 13.0. The Morgan fingerprint density at radius 1 is 0.917 bits per heavy atom. The highest BCUT2D eigenvalue weighted by atomic mass is 32.2. The van der Waals surface area contributed by atoms with Crippen molar-refractivity contribution in [3.05, 3.63) is 108 Å². The van der Waals surface area contributed by atoms with Gasteiger partial charge >= 0.3 is 0 Å². The van der Waals surface area contributed by atoms with Crippen molar-refractivity contribution in [1.82, 2.24) is 9.80 Å². The first-order valence-corrected chi connectivity index (χ1v) is 12.9. The molecular formula is C27H26N4O4S. The molecule has 0 radical (unpaired) electrons. The van der Waals surface area contributed by atoms with E-state index >= 15 is 0 Å². The molecule has 1 heterocycles. The molecule has 3 aromatic rings. The fourth-order valence-electron chi connectivity index (χ4n) is 4.28. The smallest absolute Gasteiger partial charge is 0.294 e. The van der Waals surface area contributed by atoms with E-state index < -0.39 is 16.0 Å². The Kier molecular flexibility index (Phi) is 7.80. The van der Waals surface area contributed by atoms with Crippen molar-refractivity contribution >= 4 is 21.7 Å². The number of nitrogens with one attached hydrogen (secondary N) is 1. The summed E-state index contributed by atoms with van der Waals surface area (Å²) in [5.74, 6) is -0.397. The van der Waals surface area contributed by atoms with Crippen molar-refractivity contribution in [2.24, 2.45) is 0 Å². The summed E-state index contributed by atoms with van der Waals surface area (Å²) >= 11 is 0. The Balaban J connectivity index is 1.45. The number of nitriles is 1. The van der Waals surface area contributed by atoms with Crippen molar-refractivity contribution in [3.8, 4) is 6.07 Å². The predicted octanol–water partition coefficient (Wildman–Crippen LogP) is 3.69. The van der Waals surface area contributed by atoms with Gasteiger partial charge < -0.3 is 10.2 Å². The Morgan fingerprint density at radius 2 is 1.50 bits per heavy atom. The normalized spacial score (nSPS) is 14.9. The monoisotopic (exact) mass is 502 g/mol. The van der Waals surface area contributed by atoms with Crippen LogP contribution in [-0.4, -0.2) is 54.9 Å². The van der Waals surface area contributed by atoms with Gasteiger partial charge in [0.2, 0.25) is 0 Å². The molecule has 0 spiro atoms. The molecule has 0 unspecified atom stereocenters. The van der Waals surface area contributed by atoms with Gasteiger partial charge in [-0.3, -0.25) is 14.2 Å². The van der Waals surface area contributed by atoms with Gasteiger partial charge in [0.15, 0.2) is 0 Å². The van der Waals surface area contributed by atoms with Crippen molar-refractivity contribution in [1.29, 1.82) is 5.26 Å². The number of benzene rings is 3. The van der Waals surface area contributed by atoms with Gasteiger partial charge in [-0.1, -0.05) is 66.7 Å². The van der Waals surface area contributed by atoms with E-state index in [1.54, 1.807) is 11.0 Å². The summed E-state index contributed by atoms with van der Waals surface area (Å²) in [4.78, 5) is 16.7. The molecule has 1 aliphatic rings. The van der Waals surface area contributed by atoms with Crippen LogP contribution >= 0.6 is 0 Å². The van der Waals surface area contributed by atoms with E-state index in [0.29, 0.717) is 31.9 Å². The second kappa shape index (κ2) is 11.2. The third-order valence-corrected chi connectivity index (χ3v) is 6.91. The molecule has 1 amide bonds. The highest BCUT2D eigenvalue weighted by molar-refractivity contribution is 7.85. The van der Waals surface area contributed by atoms with Gasteiger partial charge in [-0.15, -0.1) is 0 Å². The van der Waals surface area contributed by atoms with Crippen LogP contribution in [0.4, 0.5) is 5.69 Å². The van der Waals surface area contributed by atoms with Gasteiger partial charge in [-0.2, -0.15) is 13.7 Å². The Labute approximate surface area is 210 Å². The molecule has 0 aromatic heterocycles. The molecule has 0 saturated carbocycles. The van der Waals surface area contributed by atoms with E-state index in [0.717, 1.165) is 0 Å². The highest BCUT2D eigenvalue weighted by Gasteiger charge is 2.29.